The monoisotopic (exact) mass is 557 g/mol. The van der Waals surface area contributed by atoms with Gasteiger partial charge in [0.05, 0.1) is 12.7 Å². The number of urea groups is 1. The van der Waals surface area contributed by atoms with Crippen LogP contribution in [0.5, 0.6) is 11.5 Å². The molecule has 9 nitrogen and oxygen atoms in total. The molecule has 0 atom stereocenters. The minimum atomic E-state index is -0.341. The first-order chi connectivity index (χ1) is 19.9. The van der Waals surface area contributed by atoms with E-state index in [1.807, 2.05) is 12.1 Å². The van der Waals surface area contributed by atoms with Crippen LogP contribution in [0.1, 0.15) is 53.2 Å². The van der Waals surface area contributed by atoms with E-state index < -0.39 is 0 Å². The van der Waals surface area contributed by atoms with Crippen molar-refractivity contribution < 1.29 is 19.1 Å². The third-order valence-corrected chi connectivity index (χ3v) is 8.76. The van der Waals surface area contributed by atoms with Gasteiger partial charge in [0.1, 0.15) is 11.5 Å². The van der Waals surface area contributed by atoms with E-state index in [0.717, 1.165) is 74.3 Å². The van der Waals surface area contributed by atoms with Crippen molar-refractivity contribution in [2.75, 3.05) is 59.2 Å². The van der Waals surface area contributed by atoms with Gasteiger partial charge in [0.15, 0.2) is 5.76 Å². The molecule has 216 valence electrons. The Morgan fingerprint density at radius 1 is 1.07 bits per heavy atom. The van der Waals surface area contributed by atoms with E-state index >= 15 is 0 Å². The van der Waals surface area contributed by atoms with Gasteiger partial charge in [-0.2, -0.15) is 0 Å². The lowest BCUT2D eigenvalue weighted by Gasteiger charge is -2.32. The van der Waals surface area contributed by atoms with Crippen LogP contribution in [0, 0.1) is 0 Å². The number of benzene rings is 2. The van der Waals surface area contributed by atoms with Gasteiger partial charge in [0.2, 0.25) is 5.78 Å². The zero-order chi connectivity index (χ0) is 28.5. The fourth-order valence-corrected chi connectivity index (χ4v) is 6.44. The number of amides is 2. The second-order valence-electron chi connectivity index (χ2n) is 11.3. The number of nitrogens with zero attached hydrogens (tertiary/aromatic N) is 3. The molecule has 0 unspecified atom stereocenters. The summed E-state index contributed by atoms with van der Waals surface area (Å²) in [4.78, 5) is 30.4. The number of nitrogens with one attached hydrogen (secondary N) is 2. The number of rotatable bonds is 7. The lowest BCUT2D eigenvalue weighted by atomic mass is 9.97. The number of piperazine rings is 1. The van der Waals surface area contributed by atoms with Gasteiger partial charge < -0.3 is 29.6 Å². The van der Waals surface area contributed by atoms with Crippen molar-refractivity contribution in [1.29, 1.82) is 0 Å². The smallest absolute Gasteiger partial charge is 0.318 e. The van der Waals surface area contributed by atoms with Crippen LogP contribution in [-0.2, 0) is 6.54 Å². The number of ether oxygens (including phenoxy) is 2. The third-order valence-electron chi connectivity index (χ3n) is 8.76. The lowest BCUT2D eigenvalue weighted by molar-refractivity contribution is 0.101. The second-order valence-corrected chi connectivity index (χ2v) is 11.3. The summed E-state index contributed by atoms with van der Waals surface area (Å²) in [6.07, 6.45) is 6.65. The van der Waals surface area contributed by atoms with Gasteiger partial charge in [-0.05, 0) is 68.3 Å². The number of likely N-dealkylation sites (N-methyl/N-ethyl adjacent to an activating group) is 1. The van der Waals surface area contributed by atoms with Crippen molar-refractivity contribution in [3.8, 4) is 11.5 Å². The van der Waals surface area contributed by atoms with Crippen LogP contribution in [-0.4, -0.2) is 80.1 Å². The topological polar surface area (TPSA) is 88.1 Å². The van der Waals surface area contributed by atoms with E-state index in [9.17, 15) is 9.59 Å². The van der Waals surface area contributed by atoms with Gasteiger partial charge >= 0.3 is 6.03 Å². The molecule has 0 radical (unpaired) electrons. The number of methoxy groups -OCH3 is 1. The number of ketones is 1. The highest BCUT2D eigenvalue weighted by Crippen LogP contribution is 2.43. The summed E-state index contributed by atoms with van der Waals surface area (Å²) in [7, 11) is 5.43. The molecule has 2 fully saturated rings. The van der Waals surface area contributed by atoms with E-state index in [2.05, 4.69) is 44.2 Å². The largest absolute Gasteiger partial charge is 0.497 e. The molecule has 0 spiro atoms. The highest BCUT2D eigenvalue weighted by atomic mass is 16.5. The fourth-order valence-electron chi connectivity index (χ4n) is 6.44. The summed E-state index contributed by atoms with van der Waals surface area (Å²) < 4.78 is 14.3. The summed E-state index contributed by atoms with van der Waals surface area (Å²) in [5.41, 5.74) is 4.49. The van der Waals surface area contributed by atoms with Crippen LogP contribution in [0.2, 0.25) is 0 Å². The number of carbonyl (C=O) groups is 2. The quantitative estimate of drug-likeness (QED) is 0.401. The number of allylic oxidation sites excluding steroid dienone is 1. The molecular formula is C32H39N5O4. The summed E-state index contributed by atoms with van der Waals surface area (Å²) in [6.45, 7) is 6.23. The SMILES string of the molecule is CNC(=O)Nc1ccc2c(c1)C(=O)C(=Cc1c(C3CCCC3)n(CCN3CCN(C)CC3)c3ccc(OC)cc13)O2. The Hall–Kier alpha value is -3.82. The number of anilines is 1. The molecule has 3 heterocycles. The molecule has 1 saturated heterocycles. The molecule has 6 rings (SSSR count). The Kier molecular flexibility index (Phi) is 7.73. The highest BCUT2D eigenvalue weighted by Gasteiger charge is 2.31. The Balaban J connectivity index is 1.41. The summed E-state index contributed by atoms with van der Waals surface area (Å²) in [5.74, 6) is 1.84. The minimum absolute atomic E-state index is 0.181. The molecule has 2 aromatic carbocycles. The third kappa shape index (κ3) is 5.44. The fraction of sp³-hybridized carbons (Fsp3) is 0.438. The first-order valence-corrected chi connectivity index (χ1v) is 14.6. The molecule has 2 aliphatic heterocycles. The average Bonchev–Trinajstić information content (AvgIpc) is 3.70. The molecule has 41 heavy (non-hydrogen) atoms. The molecule has 3 aromatic rings. The molecule has 1 aliphatic carbocycles. The second kappa shape index (κ2) is 11.6. The Morgan fingerprint density at radius 2 is 1.85 bits per heavy atom. The molecular weight excluding hydrogens is 518 g/mol. The molecule has 3 aliphatic rings. The van der Waals surface area contributed by atoms with Crippen molar-refractivity contribution in [1.82, 2.24) is 19.7 Å². The Morgan fingerprint density at radius 3 is 2.59 bits per heavy atom. The first-order valence-electron chi connectivity index (χ1n) is 14.6. The van der Waals surface area contributed by atoms with Crippen molar-refractivity contribution in [3.05, 3.63) is 59.0 Å². The molecule has 2 N–H and O–H groups in total. The van der Waals surface area contributed by atoms with Gasteiger partial charge in [0.25, 0.3) is 0 Å². The van der Waals surface area contributed by atoms with Crippen LogP contribution in [0.15, 0.2) is 42.2 Å². The summed E-state index contributed by atoms with van der Waals surface area (Å²) in [6, 6.07) is 11.1. The van der Waals surface area contributed by atoms with E-state index in [1.165, 1.54) is 18.5 Å². The number of carbonyl (C=O) groups excluding carboxylic acids is 2. The Bertz CT molecular complexity index is 1500. The maximum absolute atomic E-state index is 13.6. The number of aromatic nitrogens is 1. The van der Waals surface area contributed by atoms with Crippen molar-refractivity contribution in [2.24, 2.45) is 0 Å². The van der Waals surface area contributed by atoms with Crippen LogP contribution >= 0.6 is 0 Å². The van der Waals surface area contributed by atoms with Crippen LogP contribution in [0.3, 0.4) is 0 Å². The predicted molar refractivity (Wildman–Crippen MR) is 161 cm³/mol. The Labute approximate surface area is 241 Å². The number of fused-ring (bicyclic) bond motifs is 2. The van der Waals surface area contributed by atoms with Crippen molar-refractivity contribution in [2.45, 2.75) is 38.1 Å². The van der Waals surface area contributed by atoms with Crippen molar-refractivity contribution >= 4 is 34.5 Å². The number of Topliss-reactive ketones (excluding diaryl/α,β-unsaturated/α-hetero) is 1. The zero-order valence-corrected chi connectivity index (χ0v) is 24.2. The van der Waals surface area contributed by atoms with Gasteiger partial charge in [-0.25, -0.2) is 4.79 Å². The summed E-state index contributed by atoms with van der Waals surface area (Å²) in [5, 5.41) is 6.34. The minimum Gasteiger partial charge on any atom is -0.497 e. The van der Waals surface area contributed by atoms with E-state index in [0.29, 0.717) is 28.7 Å². The normalized spacial score (nSPS) is 19.1. The molecule has 9 heteroatoms. The van der Waals surface area contributed by atoms with Gasteiger partial charge in [-0.1, -0.05) is 12.8 Å². The predicted octanol–water partition coefficient (Wildman–Crippen LogP) is 4.92. The van der Waals surface area contributed by atoms with Gasteiger partial charge in [0, 0.05) is 74.2 Å². The number of hydrogen-bond donors (Lipinski definition) is 2. The standard InChI is InChI=1S/C32H39N5O4/c1-33-32(39)34-22-8-11-28-26(18-22)31(38)29(41-28)20-25-24-19-23(40-3)9-10-27(24)37(30(25)21-6-4-5-7-21)17-16-36-14-12-35(2)13-15-36/h8-11,18-21H,4-7,12-17H2,1-3H3,(H2,33,34,39). The maximum Gasteiger partial charge on any atom is 0.318 e. The maximum atomic E-state index is 13.6. The lowest BCUT2D eigenvalue weighted by Crippen LogP contribution is -2.45. The molecule has 1 aromatic heterocycles. The van der Waals surface area contributed by atoms with E-state index in [4.69, 9.17) is 9.47 Å². The van der Waals surface area contributed by atoms with E-state index in [1.54, 1.807) is 32.4 Å². The highest BCUT2D eigenvalue weighted by molar-refractivity contribution is 6.16. The first kappa shape index (κ1) is 27.4. The van der Waals surface area contributed by atoms with Gasteiger partial charge in [-0.15, -0.1) is 0 Å². The van der Waals surface area contributed by atoms with Crippen LogP contribution in [0.4, 0.5) is 10.5 Å². The van der Waals surface area contributed by atoms with Crippen LogP contribution < -0.4 is 20.1 Å². The molecule has 1 saturated carbocycles. The van der Waals surface area contributed by atoms with E-state index in [-0.39, 0.29) is 11.8 Å². The number of hydrogen-bond acceptors (Lipinski definition) is 6. The zero-order valence-electron chi connectivity index (χ0n) is 24.2. The molecule has 2 amide bonds. The van der Waals surface area contributed by atoms with Crippen LogP contribution in [0.25, 0.3) is 17.0 Å². The van der Waals surface area contributed by atoms with Crippen molar-refractivity contribution in [3.63, 3.8) is 0 Å². The average molecular weight is 558 g/mol. The van der Waals surface area contributed by atoms with Gasteiger partial charge in [-0.3, -0.25) is 9.69 Å². The molecule has 0 bridgehead atoms. The summed E-state index contributed by atoms with van der Waals surface area (Å²) >= 11 is 0.